The molecule has 0 atom stereocenters. The van der Waals surface area contributed by atoms with E-state index in [9.17, 15) is 0 Å². The first kappa shape index (κ1) is 6.84. The van der Waals surface area contributed by atoms with Crippen molar-refractivity contribution in [3.63, 3.8) is 0 Å². The van der Waals surface area contributed by atoms with Gasteiger partial charge in [0.2, 0.25) is 5.69 Å². The van der Waals surface area contributed by atoms with Crippen LogP contribution in [0.5, 0.6) is 0 Å². The first-order chi connectivity index (χ1) is 5.81. The van der Waals surface area contributed by atoms with Crippen molar-refractivity contribution >= 4 is 17.5 Å². The van der Waals surface area contributed by atoms with E-state index in [0.717, 1.165) is 22.5 Å². The van der Waals surface area contributed by atoms with Gasteiger partial charge in [-0.2, -0.15) is 5.32 Å². The van der Waals surface area contributed by atoms with Crippen molar-refractivity contribution in [1.82, 2.24) is 0 Å². The van der Waals surface area contributed by atoms with Crippen molar-refractivity contribution in [2.75, 3.05) is 5.32 Å². The summed E-state index contributed by atoms with van der Waals surface area (Å²) in [5, 5.41) is 2.98. The first-order valence-electron chi connectivity index (χ1n) is 3.68. The van der Waals surface area contributed by atoms with Crippen LogP contribution >= 0.6 is 0 Å². The molecule has 0 fully saturated rings. The fourth-order valence-electron chi connectivity index (χ4n) is 1.25. The molecule has 0 radical (unpaired) electrons. The van der Waals surface area contributed by atoms with Crippen LogP contribution in [0.15, 0.2) is 12.1 Å². The molecule has 2 nitrogen and oxygen atoms in total. The van der Waals surface area contributed by atoms with Gasteiger partial charge in [0.1, 0.15) is 17.8 Å². The van der Waals surface area contributed by atoms with Gasteiger partial charge in [0.15, 0.2) is 5.69 Å². The Morgan fingerprint density at radius 2 is 2.33 bits per heavy atom. The Morgan fingerprint density at radius 3 is 3.08 bits per heavy atom. The van der Waals surface area contributed by atoms with E-state index in [1.165, 1.54) is 0 Å². The molecule has 1 aromatic rings. The van der Waals surface area contributed by atoms with Gasteiger partial charge >= 0.3 is 0 Å². The molecule has 0 aliphatic carbocycles. The zero-order valence-corrected chi connectivity index (χ0v) is 6.68. The summed E-state index contributed by atoms with van der Waals surface area (Å²) < 4.78 is 0. The monoisotopic (exact) mass is 155 g/mol. The van der Waals surface area contributed by atoms with Gasteiger partial charge in [0.05, 0.1) is 6.57 Å². The lowest BCUT2D eigenvalue weighted by atomic mass is 10.1. The molecule has 1 aromatic carbocycles. The Bertz CT molecular complexity index is 396. The van der Waals surface area contributed by atoms with E-state index < -0.39 is 0 Å². The van der Waals surface area contributed by atoms with E-state index in [-0.39, 0.29) is 0 Å². The third-order valence-corrected chi connectivity index (χ3v) is 1.92. The molecule has 1 aliphatic heterocycles. The van der Waals surface area contributed by atoms with E-state index in [2.05, 4.69) is 16.4 Å². The van der Waals surface area contributed by atoms with Gasteiger partial charge < -0.3 is 0 Å². The van der Waals surface area contributed by atoms with Gasteiger partial charge in [-0.15, -0.1) is 0 Å². The van der Waals surface area contributed by atoms with Gasteiger partial charge in [-0.1, -0.05) is 0 Å². The predicted octanol–water partition coefficient (Wildman–Crippen LogP) is 2.75. The lowest BCUT2D eigenvalue weighted by Gasteiger charge is -1.94. The summed E-state index contributed by atoms with van der Waals surface area (Å²) in [6.45, 7) is 8.86. The molecule has 2 rings (SSSR count). The number of aryl methyl sites for hydroxylation is 1. The number of rotatable bonds is 0. The van der Waals surface area contributed by atoms with Crippen LogP contribution in [0.1, 0.15) is 11.1 Å². The molecule has 1 aliphatic rings. The maximum atomic E-state index is 6.92. The molecule has 0 unspecified atom stereocenters. The fourth-order valence-corrected chi connectivity index (χ4v) is 1.25. The van der Waals surface area contributed by atoms with Crippen molar-refractivity contribution in [2.24, 2.45) is 0 Å². The van der Waals surface area contributed by atoms with Crippen LogP contribution in [-0.4, -0.2) is 0 Å². The highest BCUT2D eigenvalue weighted by atomic mass is 14.9. The molecule has 2 heteroatoms. The molecular formula is C10H7N2+. The Balaban J connectivity index is 2.64. The highest BCUT2D eigenvalue weighted by molar-refractivity contribution is 5.77. The number of hydrogen-bond acceptors (Lipinski definition) is 1. The van der Waals surface area contributed by atoms with Crippen molar-refractivity contribution in [2.45, 2.75) is 6.92 Å². The third kappa shape index (κ3) is 0.852. The normalized spacial score (nSPS) is 11.3. The van der Waals surface area contributed by atoms with Crippen LogP contribution in [0.4, 0.5) is 11.4 Å². The standard InChI is InChI=1S/C10H7N2/c1-7-5-10-8(3-4-12-10)6-9(7)11-2/h3,5-6,12H,1H3/q+1. The van der Waals surface area contributed by atoms with E-state index >= 15 is 0 Å². The molecule has 0 aromatic heterocycles. The third-order valence-electron chi connectivity index (χ3n) is 1.92. The Kier molecular flexibility index (Phi) is 1.33. The summed E-state index contributed by atoms with van der Waals surface area (Å²) >= 11 is 0. The molecule has 0 bridgehead atoms. The van der Waals surface area contributed by atoms with Crippen molar-refractivity contribution in [3.8, 4) is 0 Å². The number of anilines is 1. The van der Waals surface area contributed by atoms with Crippen LogP contribution in [0.3, 0.4) is 0 Å². The van der Waals surface area contributed by atoms with Crippen molar-refractivity contribution < 1.29 is 0 Å². The first-order valence-corrected chi connectivity index (χ1v) is 3.68. The van der Waals surface area contributed by atoms with Crippen LogP contribution < -0.4 is 5.32 Å². The SMILES string of the molecule is [C-]#[N+]c1cc2c(cc1C)N[C+]=C2. The minimum absolute atomic E-state index is 0.718. The quantitative estimate of drug-likeness (QED) is 0.570. The van der Waals surface area contributed by atoms with E-state index in [0.29, 0.717) is 0 Å². The molecule has 0 amide bonds. The topological polar surface area (TPSA) is 16.4 Å². The summed E-state index contributed by atoms with van der Waals surface area (Å²) in [5.74, 6) is 0. The second-order valence-corrected chi connectivity index (χ2v) is 2.75. The van der Waals surface area contributed by atoms with E-state index in [4.69, 9.17) is 6.57 Å². The molecular weight excluding hydrogens is 148 g/mol. The van der Waals surface area contributed by atoms with Gasteiger partial charge in [-0.3, -0.25) is 0 Å². The van der Waals surface area contributed by atoms with Gasteiger partial charge in [-0.25, -0.2) is 4.85 Å². The maximum Gasteiger partial charge on any atom is 0.206 e. The second-order valence-electron chi connectivity index (χ2n) is 2.75. The van der Waals surface area contributed by atoms with Gasteiger partial charge in [0.25, 0.3) is 0 Å². The number of hydrogen-bond donors (Lipinski definition) is 1. The molecule has 1 N–H and O–H groups in total. The van der Waals surface area contributed by atoms with Crippen LogP contribution in [-0.2, 0) is 0 Å². The molecule has 12 heavy (non-hydrogen) atoms. The lowest BCUT2D eigenvalue weighted by Crippen LogP contribution is -1.84. The number of fused-ring (bicyclic) bond motifs is 1. The van der Waals surface area contributed by atoms with Crippen LogP contribution in [0.2, 0.25) is 0 Å². The Hall–Kier alpha value is -1.84. The molecule has 56 valence electrons. The molecule has 0 saturated heterocycles. The Labute approximate surface area is 71.3 Å². The Morgan fingerprint density at radius 1 is 1.50 bits per heavy atom. The summed E-state index contributed by atoms with van der Waals surface area (Å²) in [6, 6.07) is 3.85. The summed E-state index contributed by atoms with van der Waals surface area (Å²) in [4.78, 5) is 3.42. The average Bonchev–Trinajstić information content (AvgIpc) is 2.49. The van der Waals surface area contributed by atoms with Crippen LogP contribution in [0.25, 0.3) is 10.9 Å². The maximum absolute atomic E-state index is 6.92. The zero-order valence-electron chi connectivity index (χ0n) is 6.68. The molecule has 0 spiro atoms. The summed E-state index contributed by atoms with van der Waals surface area (Å²) in [5.41, 5.74) is 3.82. The highest BCUT2D eigenvalue weighted by Gasteiger charge is 2.17. The zero-order chi connectivity index (χ0) is 8.55. The minimum Gasteiger partial charge on any atom is -0.237 e. The van der Waals surface area contributed by atoms with Crippen molar-refractivity contribution in [1.29, 1.82) is 0 Å². The largest absolute Gasteiger partial charge is 0.237 e. The van der Waals surface area contributed by atoms with Crippen molar-refractivity contribution in [3.05, 3.63) is 40.9 Å². The predicted molar refractivity (Wildman–Crippen MR) is 48.8 cm³/mol. The van der Waals surface area contributed by atoms with Crippen LogP contribution in [0, 0.1) is 19.7 Å². The summed E-state index contributed by atoms with van der Waals surface area (Å²) in [7, 11) is 0. The van der Waals surface area contributed by atoms with Gasteiger partial charge in [-0.05, 0) is 12.5 Å². The number of nitrogens with one attached hydrogen (secondary N) is 1. The second kappa shape index (κ2) is 2.34. The number of nitrogens with zero attached hydrogens (tertiary/aromatic N) is 1. The lowest BCUT2D eigenvalue weighted by molar-refractivity contribution is 1.47. The smallest absolute Gasteiger partial charge is 0.206 e. The summed E-state index contributed by atoms with van der Waals surface area (Å²) in [6.07, 6.45) is 4.74. The van der Waals surface area contributed by atoms with E-state index in [1.54, 1.807) is 0 Å². The highest BCUT2D eigenvalue weighted by Crippen LogP contribution is 2.30. The van der Waals surface area contributed by atoms with Gasteiger partial charge in [0, 0.05) is 12.1 Å². The number of benzene rings is 1. The molecule has 0 saturated carbocycles. The van der Waals surface area contributed by atoms with E-state index in [1.807, 2.05) is 25.1 Å². The average molecular weight is 155 g/mol. The minimum atomic E-state index is 0.718. The molecule has 1 heterocycles. The fraction of sp³-hybridized carbons (Fsp3) is 0.100.